The summed E-state index contributed by atoms with van der Waals surface area (Å²) in [5.41, 5.74) is -0.167. The van der Waals surface area contributed by atoms with Crippen LogP contribution in [0.25, 0.3) is 0 Å². The van der Waals surface area contributed by atoms with Gasteiger partial charge in [0, 0.05) is 13.7 Å². The SMILES string of the molecule is COCCCCCNCCCC(C)(C)C#N. The fourth-order valence-electron chi connectivity index (χ4n) is 1.51. The second-order valence-corrected chi connectivity index (χ2v) is 4.90. The lowest BCUT2D eigenvalue weighted by Gasteiger charge is -2.14. The number of nitrogens with zero attached hydrogens (tertiary/aromatic N) is 1. The van der Waals surface area contributed by atoms with Gasteiger partial charge in [-0.05, 0) is 59.0 Å². The molecular weight excluding hydrogens is 200 g/mol. The summed E-state index contributed by atoms with van der Waals surface area (Å²) in [6.07, 6.45) is 5.65. The van der Waals surface area contributed by atoms with E-state index in [9.17, 15) is 0 Å². The van der Waals surface area contributed by atoms with Gasteiger partial charge in [-0.1, -0.05) is 0 Å². The van der Waals surface area contributed by atoms with Crippen molar-refractivity contribution in [1.29, 1.82) is 5.26 Å². The summed E-state index contributed by atoms with van der Waals surface area (Å²) in [7, 11) is 1.75. The molecule has 0 amide bonds. The molecule has 0 radical (unpaired) electrons. The van der Waals surface area contributed by atoms with Crippen molar-refractivity contribution in [2.45, 2.75) is 46.0 Å². The number of rotatable bonds is 10. The molecule has 1 N–H and O–H groups in total. The van der Waals surface area contributed by atoms with Crippen molar-refractivity contribution in [3.8, 4) is 6.07 Å². The van der Waals surface area contributed by atoms with Gasteiger partial charge < -0.3 is 10.1 Å². The van der Waals surface area contributed by atoms with Gasteiger partial charge in [0.1, 0.15) is 0 Å². The molecule has 0 bridgehead atoms. The molecule has 0 aliphatic heterocycles. The molecule has 0 heterocycles. The van der Waals surface area contributed by atoms with Crippen molar-refractivity contribution in [1.82, 2.24) is 5.32 Å². The number of unbranched alkanes of at least 4 members (excludes halogenated alkanes) is 2. The Morgan fingerprint density at radius 2 is 1.81 bits per heavy atom. The Morgan fingerprint density at radius 3 is 2.44 bits per heavy atom. The number of nitrogens with one attached hydrogen (secondary N) is 1. The molecule has 0 aromatic rings. The molecule has 16 heavy (non-hydrogen) atoms. The molecule has 0 unspecified atom stereocenters. The molecule has 0 fully saturated rings. The predicted octanol–water partition coefficient (Wildman–Crippen LogP) is 2.72. The van der Waals surface area contributed by atoms with Crippen molar-refractivity contribution < 1.29 is 4.74 Å². The van der Waals surface area contributed by atoms with E-state index >= 15 is 0 Å². The Kier molecular flexibility index (Phi) is 9.27. The van der Waals surface area contributed by atoms with E-state index < -0.39 is 0 Å². The van der Waals surface area contributed by atoms with Gasteiger partial charge in [0.25, 0.3) is 0 Å². The van der Waals surface area contributed by atoms with Gasteiger partial charge in [-0.3, -0.25) is 0 Å². The minimum Gasteiger partial charge on any atom is -0.385 e. The van der Waals surface area contributed by atoms with E-state index in [4.69, 9.17) is 10.00 Å². The number of methoxy groups -OCH3 is 1. The monoisotopic (exact) mass is 226 g/mol. The Balaban J connectivity index is 3.14. The number of hydrogen-bond donors (Lipinski definition) is 1. The van der Waals surface area contributed by atoms with Crippen LogP contribution in [-0.2, 0) is 4.74 Å². The molecule has 0 saturated heterocycles. The average molecular weight is 226 g/mol. The van der Waals surface area contributed by atoms with Crippen LogP contribution in [0.4, 0.5) is 0 Å². The third kappa shape index (κ3) is 9.95. The van der Waals surface area contributed by atoms with E-state index in [-0.39, 0.29) is 5.41 Å². The topological polar surface area (TPSA) is 45.0 Å². The van der Waals surface area contributed by atoms with Crippen LogP contribution in [0.1, 0.15) is 46.0 Å². The summed E-state index contributed by atoms with van der Waals surface area (Å²) >= 11 is 0. The molecule has 0 aromatic heterocycles. The smallest absolute Gasteiger partial charge is 0.0683 e. The fourth-order valence-corrected chi connectivity index (χ4v) is 1.51. The second-order valence-electron chi connectivity index (χ2n) is 4.90. The molecule has 0 spiro atoms. The summed E-state index contributed by atoms with van der Waals surface area (Å²) in [4.78, 5) is 0. The molecular formula is C13H26N2O. The second kappa shape index (κ2) is 9.62. The zero-order valence-corrected chi connectivity index (χ0v) is 11.0. The van der Waals surface area contributed by atoms with Crippen molar-refractivity contribution in [2.75, 3.05) is 26.8 Å². The zero-order valence-electron chi connectivity index (χ0n) is 11.0. The van der Waals surface area contributed by atoms with Crippen molar-refractivity contribution in [2.24, 2.45) is 5.41 Å². The van der Waals surface area contributed by atoms with E-state index in [1.54, 1.807) is 7.11 Å². The molecule has 0 saturated carbocycles. The van der Waals surface area contributed by atoms with Gasteiger partial charge in [0.05, 0.1) is 11.5 Å². The highest BCUT2D eigenvalue weighted by Crippen LogP contribution is 2.19. The summed E-state index contributed by atoms with van der Waals surface area (Å²) < 4.78 is 4.99. The average Bonchev–Trinajstić information content (AvgIpc) is 2.27. The van der Waals surface area contributed by atoms with Crippen LogP contribution in [-0.4, -0.2) is 26.8 Å². The maximum absolute atomic E-state index is 8.83. The minimum absolute atomic E-state index is 0.167. The third-order valence-corrected chi connectivity index (χ3v) is 2.66. The largest absolute Gasteiger partial charge is 0.385 e. The normalized spacial score (nSPS) is 11.4. The molecule has 0 aliphatic rings. The lowest BCUT2D eigenvalue weighted by atomic mass is 9.90. The van der Waals surface area contributed by atoms with Gasteiger partial charge in [0.15, 0.2) is 0 Å². The Morgan fingerprint density at radius 1 is 1.12 bits per heavy atom. The summed E-state index contributed by atoms with van der Waals surface area (Å²) in [5.74, 6) is 0. The van der Waals surface area contributed by atoms with Crippen LogP contribution in [0, 0.1) is 16.7 Å². The highest BCUT2D eigenvalue weighted by molar-refractivity contribution is 4.91. The van der Waals surface area contributed by atoms with Gasteiger partial charge in [-0.25, -0.2) is 0 Å². The molecule has 3 heteroatoms. The van der Waals surface area contributed by atoms with E-state index in [2.05, 4.69) is 11.4 Å². The van der Waals surface area contributed by atoms with Crippen LogP contribution in [0.5, 0.6) is 0 Å². The van der Waals surface area contributed by atoms with Crippen LogP contribution in [0.2, 0.25) is 0 Å². The fraction of sp³-hybridized carbons (Fsp3) is 0.923. The molecule has 0 rings (SSSR count). The highest BCUT2D eigenvalue weighted by Gasteiger charge is 2.14. The van der Waals surface area contributed by atoms with Crippen LogP contribution >= 0.6 is 0 Å². The van der Waals surface area contributed by atoms with Crippen molar-refractivity contribution in [3.05, 3.63) is 0 Å². The van der Waals surface area contributed by atoms with Gasteiger partial charge in [-0.2, -0.15) is 5.26 Å². The predicted molar refractivity (Wildman–Crippen MR) is 67.2 cm³/mol. The molecule has 0 aliphatic carbocycles. The van der Waals surface area contributed by atoms with Crippen molar-refractivity contribution >= 4 is 0 Å². The maximum Gasteiger partial charge on any atom is 0.0683 e. The number of nitriles is 1. The molecule has 94 valence electrons. The van der Waals surface area contributed by atoms with Gasteiger partial charge >= 0.3 is 0 Å². The maximum atomic E-state index is 8.83. The first kappa shape index (κ1) is 15.4. The first-order valence-electron chi connectivity index (χ1n) is 6.23. The highest BCUT2D eigenvalue weighted by atomic mass is 16.5. The number of hydrogen-bond acceptors (Lipinski definition) is 3. The summed E-state index contributed by atoms with van der Waals surface area (Å²) in [6.45, 7) is 6.97. The molecule has 0 aromatic carbocycles. The van der Waals surface area contributed by atoms with E-state index in [1.165, 1.54) is 12.8 Å². The van der Waals surface area contributed by atoms with Crippen LogP contribution in [0.3, 0.4) is 0 Å². The lowest BCUT2D eigenvalue weighted by Crippen LogP contribution is -2.19. The van der Waals surface area contributed by atoms with Gasteiger partial charge in [-0.15, -0.1) is 0 Å². The lowest BCUT2D eigenvalue weighted by molar-refractivity contribution is 0.192. The number of ether oxygens (including phenoxy) is 1. The summed E-state index contributed by atoms with van der Waals surface area (Å²) in [6, 6.07) is 2.32. The minimum atomic E-state index is -0.167. The molecule has 3 nitrogen and oxygen atoms in total. The quantitative estimate of drug-likeness (QED) is 0.583. The first-order chi connectivity index (χ1) is 7.62. The standard InChI is InChI=1S/C13H26N2O/c1-13(2,12-14)8-7-10-15-9-5-4-6-11-16-3/h15H,4-11H2,1-3H3. The Labute approximate surface area is 100 Å². The van der Waals surface area contributed by atoms with Gasteiger partial charge in [0.2, 0.25) is 0 Å². The first-order valence-corrected chi connectivity index (χ1v) is 6.23. The van der Waals surface area contributed by atoms with Crippen LogP contribution < -0.4 is 5.32 Å². The Bertz CT molecular complexity index is 197. The molecule has 0 atom stereocenters. The van der Waals surface area contributed by atoms with E-state index in [0.717, 1.165) is 39.0 Å². The van der Waals surface area contributed by atoms with E-state index in [0.29, 0.717) is 0 Å². The zero-order chi connectivity index (χ0) is 12.3. The van der Waals surface area contributed by atoms with Crippen LogP contribution in [0.15, 0.2) is 0 Å². The Hall–Kier alpha value is -0.590. The summed E-state index contributed by atoms with van der Waals surface area (Å²) in [5, 5.41) is 12.2. The van der Waals surface area contributed by atoms with E-state index in [1.807, 2.05) is 13.8 Å². The third-order valence-electron chi connectivity index (χ3n) is 2.66. The van der Waals surface area contributed by atoms with Crippen molar-refractivity contribution in [3.63, 3.8) is 0 Å².